The molecule has 1 rings (SSSR count). The third-order valence-corrected chi connectivity index (χ3v) is 2.12. The Bertz CT molecular complexity index is 234. The van der Waals surface area contributed by atoms with Crippen LogP contribution in [0.5, 0.6) is 0 Å². The van der Waals surface area contributed by atoms with Gasteiger partial charge in [0.1, 0.15) is 0 Å². The van der Waals surface area contributed by atoms with E-state index >= 15 is 0 Å². The molecule has 0 aliphatic carbocycles. The maximum absolute atomic E-state index is 10.1. The lowest BCUT2D eigenvalue weighted by Gasteiger charge is -1.77. The molecule has 0 aliphatic heterocycles. The molecule has 0 aliphatic rings. The molecule has 48 valence electrons. The van der Waals surface area contributed by atoms with E-state index in [9.17, 15) is 4.79 Å². The van der Waals surface area contributed by atoms with E-state index in [0.717, 1.165) is 15.1 Å². The molecular formula is C4H2BrNO2S. The van der Waals surface area contributed by atoms with Crippen molar-refractivity contribution in [3.05, 3.63) is 15.0 Å². The molecule has 0 fully saturated rings. The van der Waals surface area contributed by atoms with E-state index in [1.807, 2.05) is 0 Å². The summed E-state index contributed by atoms with van der Waals surface area (Å²) in [5.41, 5.74) is 0. The SMILES string of the molecule is O=C(O)c1ncc(Br)s1. The molecule has 0 bridgehead atoms. The highest BCUT2D eigenvalue weighted by Gasteiger charge is 2.05. The zero-order valence-corrected chi connectivity index (χ0v) is 6.57. The van der Waals surface area contributed by atoms with Gasteiger partial charge < -0.3 is 5.11 Å². The molecule has 0 unspecified atom stereocenters. The third kappa shape index (κ3) is 1.49. The van der Waals surface area contributed by atoms with Crippen LogP contribution in [-0.2, 0) is 0 Å². The Labute approximate surface area is 63.5 Å². The lowest BCUT2D eigenvalue weighted by Crippen LogP contribution is -1.92. The second-order valence-corrected chi connectivity index (χ2v) is 3.68. The molecule has 0 aromatic carbocycles. The van der Waals surface area contributed by atoms with Gasteiger partial charge in [-0.15, -0.1) is 11.3 Å². The quantitative estimate of drug-likeness (QED) is 0.762. The topological polar surface area (TPSA) is 50.2 Å². The highest BCUT2D eigenvalue weighted by atomic mass is 79.9. The van der Waals surface area contributed by atoms with E-state index in [1.54, 1.807) is 0 Å². The van der Waals surface area contributed by atoms with Crippen LogP contribution in [0.2, 0.25) is 0 Å². The fraction of sp³-hybridized carbons (Fsp3) is 0. The number of aromatic nitrogens is 1. The van der Waals surface area contributed by atoms with Crippen molar-refractivity contribution in [3.8, 4) is 0 Å². The van der Waals surface area contributed by atoms with E-state index in [0.29, 0.717) is 0 Å². The first kappa shape index (κ1) is 6.70. The molecule has 1 heterocycles. The monoisotopic (exact) mass is 207 g/mol. The molecule has 9 heavy (non-hydrogen) atoms. The summed E-state index contributed by atoms with van der Waals surface area (Å²) in [6, 6.07) is 0. The van der Waals surface area contributed by atoms with E-state index in [-0.39, 0.29) is 5.01 Å². The fourth-order valence-electron chi connectivity index (χ4n) is 0.353. The van der Waals surface area contributed by atoms with Crippen LogP contribution < -0.4 is 0 Å². The summed E-state index contributed by atoms with van der Waals surface area (Å²) in [4.78, 5) is 13.7. The van der Waals surface area contributed by atoms with E-state index in [4.69, 9.17) is 5.11 Å². The van der Waals surface area contributed by atoms with E-state index < -0.39 is 5.97 Å². The summed E-state index contributed by atoms with van der Waals surface area (Å²) in [6.07, 6.45) is 1.47. The maximum Gasteiger partial charge on any atom is 0.365 e. The van der Waals surface area contributed by atoms with Crippen LogP contribution in [0.3, 0.4) is 0 Å². The van der Waals surface area contributed by atoms with Gasteiger partial charge in [-0.2, -0.15) is 0 Å². The Balaban J connectivity index is 2.98. The number of carboxylic acid groups (broad SMARTS) is 1. The molecule has 1 aromatic rings. The van der Waals surface area contributed by atoms with E-state index in [2.05, 4.69) is 20.9 Å². The van der Waals surface area contributed by atoms with Crippen LogP contribution >= 0.6 is 27.3 Å². The Hall–Kier alpha value is -0.420. The maximum atomic E-state index is 10.1. The van der Waals surface area contributed by atoms with Crippen molar-refractivity contribution in [2.45, 2.75) is 0 Å². The predicted molar refractivity (Wildman–Crippen MR) is 36.8 cm³/mol. The Kier molecular flexibility index (Phi) is 1.82. The van der Waals surface area contributed by atoms with Crippen molar-refractivity contribution in [3.63, 3.8) is 0 Å². The minimum atomic E-state index is -0.981. The standard InChI is InChI=1S/C4H2BrNO2S/c5-2-1-6-3(9-2)4(7)8/h1H,(H,7,8). The lowest BCUT2D eigenvalue weighted by molar-refractivity contribution is 0.0696. The number of carboxylic acids is 1. The van der Waals surface area contributed by atoms with Crippen molar-refractivity contribution in [2.75, 3.05) is 0 Å². The summed E-state index contributed by atoms with van der Waals surface area (Å²) in [6.45, 7) is 0. The van der Waals surface area contributed by atoms with Crippen molar-refractivity contribution in [1.82, 2.24) is 4.98 Å². The molecule has 3 nitrogen and oxygen atoms in total. The van der Waals surface area contributed by atoms with Crippen molar-refractivity contribution >= 4 is 33.2 Å². The van der Waals surface area contributed by atoms with E-state index in [1.165, 1.54) is 6.20 Å². The Morgan fingerprint density at radius 1 is 1.89 bits per heavy atom. The average molecular weight is 208 g/mol. The minimum absolute atomic E-state index is 0.113. The molecule has 0 atom stereocenters. The second-order valence-electron chi connectivity index (χ2n) is 1.27. The fourth-order valence-corrected chi connectivity index (χ4v) is 1.40. The molecule has 1 aromatic heterocycles. The number of hydrogen-bond donors (Lipinski definition) is 1. The number of halogens is 1. The number of carbonyl (C=O) groups is 1. The summed E-state index contributed by atoms with van der Waals surface area (Å²) < 4.78 is 0.736. The summed E-state index contributed by atoms with van der Waals surface area (Å²) in [5, 5.41) is 8.44. The zero-order valence-electron chi connectivity index (χ0n) is 4.17. The first-order valence-electron chi connectivity index (χ1n) is 2.05. The number of hydrogen-bond acceptors (Lipinski definition) is 3. The van der Waals surface area contributed by atoms with Crippen LogP contribution in [0, 0.1) is 0 Å². The summed E-state index contributed by atoms with van der Waals surface area (Å²) >= 11 is 4.19. The van der Waals surface area contributed by atoms with Crippen LogP contribution in [-0.4, -0.2) is 16.1 Å². The zero-order chi connectivity index (χ0) is 6.85. The smallest absolute Gasteiger partial charge is 0.365 e. The predicted octanol–water partition coefficient (Wildman–Crippen LogP) is 1.60. The van der Waals surface area contributed by atoms with Gasteiger partial charge in [-0.05, 0) is 15.9 Å². The highest BCUT2D eigenvalue weighted by Crippen LogP contribution is 2.18. The van der Waals surface area contributed by atoms with Crippen molar-refractivity contribution < 1.29 is 9.90 Å². The minimum Gasteiger partial charge on any atom is -0.476 e. The number of rotatable bonds is 1. The van der Waals surface area contributed by atoms with Gasteiger partial charge in [0.25, 0.3) is 0 Å². The second kappa shape index (κ2) is 2.45. The number of thiazole rings is 1. The average Bonchev–Trinajstić information content (AvgIpc) is 2.14. The molecule has 0 radical (unpaired) electrons. The summed E-state index contributed by atoms with van der Waals surface area (Å²) in [5.74, 6) is -0.981. The summed E-state index contributed by atoms with van der Waals surface area (Å²) in [7, 11) is 0. The number of nitrogens with zero attached hydrogens (tertiary/aromatic N) is 1. The molecule has 0 amide bonds. The molecule has 0 spiro atoms. The van der Waals surface area contributed by atoms with Gasteiger partial charge >= 0.3 is 5.97 Å². The van der Waals surface area contributed by atoms with Gasteiger partial charge in [0.2, 0.25) is 5.01 Å². The van der Waals surface area contributed by atoms with Crippen LogP contribution in [0.4, 0.5) is 0 Å². The van der Waals surface area contributed by atoms with Gasteiger partial charge in [-0.1, -0.05) is 0 Å². The first-order chi connectivity index (χ1) is 4.20. The van der Waals surface area contributed by atoms with Crippen molar-refractivity contribution in [1.29, 1.82) is 0 Å². The van der Waals surface area contributed by atoms with Gasteiger partial charge in [0, 0.05) is 0 Å². The normalized spacial score (nSPS) is 9.44. The highest BCUT2D eigenvalue weighted by molar-refractivity contribution is 9.11. The van der Waals surface area contributed by atoms with Crippen LogP contribution in [0.15, 0.2) is 9.98 Å². The van der Waals surface area contributed by atoms with Gasteiger partial charge in [0.05, 0.1) is 9.98 Å². The molecule has 1 N–H and O–H groups in total. The molecule has 0 saturated carbocycles. The lowest BCUT2D eigenvalue weighted by atomic mass is 10.7. The largest absolute Gasteiger partial charge is 0.476 e. The van der Waals surface area contributed by atoms with Crippen LogP contribution in [0.1, 0.15) is 9.80 Å². The van der Waals surface area contributed by atoms with Crippen molar-refractivity contribution in [2.24, 2.45) is 0 Å². The number of aromatic carboxylic acids is 1. The molecule has 0 saturated heterocycles. The Morgan fingerprint density at radius 3 is 2.78 bits per heavy atom. The van der Waals surface area contributed by atoms with Gasteiger partial charge in [0.15, 0.2) is 0 Å². The van der Waals surface area contributed by atoms with Crippen LogP contribution in [0.25, 0.3) is 0 Å². The Morgan fingerprint density at radius 2 is 2.56 bits per heavy atom. The molecule has 5 heteroatoms. The van der Waals surface area contributed by atoms with Gasteiger partial charge in [-0.25, -0.2) is 9.78 Å². The first-order valence-corrected chi connectivity index (χ1v) is 3.65. The molecular weight excluding hydrogens is 206 g/mol. The third-order valence-electron chi connectivity index (χ3n) is 0.660. The van der Waals surface area contributed by atoms with Gasteiger partial charge in [-0.3, -0.25) is 0 Å².